The van der Waals surface area contributed by atoms with Gasteiger partial charge < -0.3 is 14.5 Å². The largest absolute Gasteiger partial charge is 0.422 e. The van der Waals surface area contributed by atoms with Crippen molar-refractivity contribution in [2.45, 2.75) is 37.5 Å². The van der Waals surface area contributed by atoms with Crippen molar-refractivity contribution in [2.75, 3.05) is 0 Å². The van der Waals surface area contributed by atoms with Gasteiger partial charge in [-0.1, -0.05) is 30.3 Å². The van der Waals surface area contributed by atoms with Crippen LogP contribution in [0.2, 0.25) is 0 Å². The molecule has 2 aliphatic heterocycles. The van der Waals surface area contributed by atoms with Crippen molar-refractivity contribution in [1.29, 1.82) is 0 Å². The summed E-state index contributed by atoms with van der Waals surface area (Å²) in [4.78, 5) is 25.1. The zero-order chi connectivity index (χ0) is 18.4. The number of para-hydroxylation sites is 1. The van der Waals surface area contributed by atoms with Crippen LogP contribution in [0.5, 0.6) is 0 Å². The Morgan fingerprint density at radius 2 is 1.93 bits per heavy atom. The minimum Gasteiger partial charge on any atom is -0.422 e. The van der Waals surface area contributed by atoms with E-state index >= 15 is 0 Å². The lowest BCUT2D eigenvalue weighted by Crippen LogP contribution is -2.41. The molecular formula is C22H19NO4. The van der Waals surface area contributed by atoms with Crippen molar-refractivity contribution in [2.24, 2.45) is 0 Å². The average Bonchev–Trinajstić information content (AvgIpc) is 3.30. The Morgan fingerprint density at radius 1 is 1.04 bits per heavy atom. The number of hydrogen-bond acceptors (Lipinski definition) is 4. The first-order chi connectivity index (χ1) is 13.2. The van der Waals surface area contributed by atoms with Crippen LogP contribution in [-0.4, -0.2) is 24.2 Å². The smallest absolute Gasteiger partial charge is 0.344 e. The molecule has 2 saturated heterocycles. The second kappa shape index (κ2) is 6.35. The van der Waals surface area contributed by atoms with E-state index in [0.717, 1.165) is 24.6 Å². The van der Waals surface area contributed by atoms with E-state index in [0.29, 0.717) is 22.3 Å². The van der Waals surface area contributed by atoms with Gasteiger partial charge in [-0.15, -0.1) is 0 Å². The number of fused-ring (bicyclic) bond motifs is 3. The molecule has 2 fully saturated rings. The van der Waals surface area contributed by atoms with E-state index in [-0.39, 0.29) is 24.2 Å². The van der Waals surface area contributed by atoms with Gasteiger partial charge >= 0.3 is 5.63 Å². The fourth-order valence-electron chi connectivity index (χ4n) is 4.13. The van der Waals surface area contributed by atoms with Crippen LogP contribution in [-0.2, 0) is 4.74 Å². The number of rotatable bonds is 3. The number of benzene rings is 2. The fourth-order valence-corrected chi connectivity index (χ4v) is 4.13. The van der Waals surface area contributed by atoms with Gasteiger partial charge in [-0.3, -0.25) is 4.79 Å². The number of carbonyl (C=O) groups is 1. The monoisotopic (exact) mass is 361 g/mol. The van der Waals surface area contributed by atoms with Gasteiger partial charge in [0.1, 0.15) is 5.58 Å². The van der Waals surface area contributed by atoms with E-state index in [4.69, 9.17) is 9.15 Å². The zero-order valence-electron chi connectivity index (χ0n) is 14.7. The lowest BCUT2D eigenvalue weighted by Gasteiger charge is -2.20. The Bertz CT molecular complexity index is 1090. The molecule has 0 radical (unpaired) electrons. The van der Waals surface area contributed by atoms with Crippen molar-refractivity contribution < 1.29 is 13.9 Å². The number of ether oxygens (including phenoxy) is 1. The number of carbonyl (C=O) groups excluding carboxylic acids is 1. The molecule has 0 aliphatic carbocycles. The lowest BCUT2D eigenvalue weighted by atomic mass is 9.95. The van der Waals surface area contributed by atoms with Crippen LogP contribution in [0.25, 0.3) is 22.1 Å². The summed E-state index contributed by atoms with van der Waals surface area (Å²) in [5.41, 5.74) is 1.80. The van der Waals surface area contributed by atoms with Gasteiger partial charge in [0.2, 0.25) is 0 Å². The minimum absolute atomic E-state index is 0.0747. The highest BCUT2D eigenvalue weighted by atomic mass is 16.5. The van der Waals surface area contributed by atoms with Gasteiger partial charge in [0.15, 0.2) is 0 Å². The third-order valence-corrected chi connectivity index (χ3v) is 5.50. The Labute approximate surface area is 156 Å². The van der Waals surface area contributed by atoms with Crippen molar-refractivity contribution in [3.05, 3.63) is 70.6 Å². The Hall–Kier alpha value is -2.92. The third-order valence-electron chi connectivity index (χ3n) is 5.50. The SMILES string of the molecule is O=C(N[C@@H]1C[C@@H]2CC[C@H]1O2)c1cccc(-c2cc3ccccc3oc2=O)c1. The summed E-state index contributed by atoms with van der Waals surface area (Å²) in [6, 6.07) is 16.4. The predicted molar refractivity (Wildman–Crippen MR) is 102 cm³/mol. The van der Waals surface area contributed by atoms with Crippen molar-refractivity contribution in [3.8, 4) is 11.1 Å². The predicted octanol–water partition coefficient (Wildman–Crippen LogP) is 3.51. The molecule has 2 aliphatic rings. The second-order valence-electron chi connectivity index (χ2n) is 7.26. The summed E-state index contributed by atoms with van der Waals surface area (Å²) in [6.45, 7) is 0. The van der Waals surface area contributed by atoms with Crippen LogP contribution in [0, 0.1) is 0 Å². The van der Waals surface area contributed by atoms with Crippen molar-refractivity contribution >= 4 is 16.9 Å². The molecule has 1 aromatic heterocycles. The molecule has 3 atom stereocenters. The zero-order valence-corrected chi connectivity index (χ0v) is 14.7. The lowest BCUT2D eigenvalue weighted by molar-refractivity contribution is 0.0841. The molecule has 1 N–H and O–H groups in total. The molecule has 3 heterocycles. The van der Waals surface area contributed by atoms with Gasteiger partial charge in [0.05, 0.1) is 23.8 Å². The van der Waals surface area contributed by atoms with Crippen LogP contribution >= 0.6 is 0 Å². The third kappa shape index (κ3) is 2.94. The summed E-state index contributed by atoms with van der Waals surface area (Å²) in [5, 5.41) is 3.93. The topological polar surface area (TPSA) is 68.5 Å². The second-order valence-corrected chi connectivity index (χ2v) is 7.26. The summed E-state index contributed by atoms with van der Waals surface area (Å²) >= 11 is 0. The maximum atomic E-state index is 12.7. The van der Waals surface area contributed by atoms with Crippen molar-refractivity contribution in [3.63, 3.8) is 0 Å². The maximum Gasteiger partial charge on any atom is 0.344 e. The van der Waals surface area contributed by atoms with Gasteiger partial charge in [0, 0.05) is 10.9 Å². The first-order valence-corrected chi connectivity index (χ1v) is 9.27. The molecule has 2 aromatic carbocycles. The molecule has 0 spiro atoms. The van der Waals surface area contributed by atoms with E-state index < -0.39 is 5.63 Å². The fraction of sp³-hybridized carbons (Fsp3) is 0.273. The highest BCUT2D eigenvalue weighted by molar-refractivity contribution is 5.96. The molecule has 27 heavy (non-hydrogen) atoms. The van der Waals surface area contributed by atoms with Crippen LogP contribution < -0.4 is 10.9 Å². The van der Waals surface area contributed by atoms with E-state index in [1.807, 2.05) is 30.3 Å². The molecule has 0 unspecified atom stereocenters. The van der Waals surface area contributed by atoms with Gasteiger partial charge in [0.25, 0.3) is 5.91 Å². The summed E-state index contributed by atoms with van der Waals surface area (Å²) in [6.07, 6.45) is 3.39. The maximum absolute atomic E-state index is 12.7. The highest BCUT2D eigenvalue weighted by Crippen LogP contribution is 2.34. The summed E-state index contributed by atoms with van der Waals surface area (Å²) in [7, 11) is 0. The van der Waals surface area contributed by atoms with E-state index in [1.54, 1.807) is 24.3 Å². The molecular weight excluding hydrogens is 342 g/mol. The van der Waals surface area contributed by atoms with E-state index in [2.05, 4.69) is 5.32 Å². The Kier molecular flexibility index (Phi) is 3.83. The van der Waals surface area contributed by atoms with Gasteiger partial charge in [-0.2, -0.15) is 0 Å². The van der Waals surface area contributed by atoms with E-state index in [1.165, 1.54) is 0 Å². The van der Waals surface area contributed by atoms with Crippen molar-refractivity contribution in [1.82, 2.24) is 5.32 Å². The first-order valence-electron chi connectivity index (χ1n) is 9.27. The number of hydrogen-bond donors (Lipinski definition) is 1. The first kappa shape index (κ1) is 16.3. The molecule has 5 heteroatoms. The van der Waals surface area contributed by atoms with Crippen LogP contribution in [0.15, 0.2) is 63.8 Å². The molecule has 5 nitrogen and oxygen atoms in total. The Balaban J connectivity index is 1.44. The van der Waals surface area contributed by atoms with Crippen LogP contribution in [0.4, 0.5) is 0 Å². The Morgan fingerprint density at radius 3 is 2.74 bits per heavy atom. The molecule has 136 valence electrons. The average molecular weight is 361 g/mol. The molecule has 0 saturated carbocycles. The molecule has 3 aromatic rings. The standard InChI is InChI=1S/C22H19NO4/c24-21(23-18-12-16-8-9-20(18)26-16)15-6-3-5-13(10-15)17-11-14-4-1-2-7-19(14)27-22(17)25/h1-7,10-11,16,18,20H,8-9,12H2,(H,23,24)/t16-,18+,20+/m0/s1. The van der Waals surface area contributed by atoms with Gasteiger partial charge in [-0.05, 0) is 49.1 Å². The summed E-state index contributed by atoms with van der Waals surface area (Å²) in [5.74, 6) is -0.136. The normalized spacial score (nSPS) is 23.6. The van der Waals surface area contributed by atoms with Crippen LogP contribution in [0.3, 0.4) is 0 Å². The summed E-state index contributed by atoms with van der Waals surface area (Å²) < 4.78 is 11.2. The van der Waals surface area contributed by atoms with Gasteiger partial charge in [-0.25, -0.2) is 4.79 Å². The number of nitrogens with one attached hydrogen (secondary N) is 1. The van der Waals surface area contributed by atoms with E-state index in [9.17, 15) is 9.59 Å². The van der Waals surface area contributed by atoms with Crippen LogP contribution in [0.1, 0.15) is 29.6 Å². The molecule has 2 bridgehead atoms. The number of amides is 1. The minimum atomic E-state index is -0.409. The highest BCUT2D eigenvalue weighted by Gasteiger charge is 2.41. The quantitative estimate of drug-likeness (QED) is 0.725. The molecule has 5 rings (SSSR count). The molecule has 1 amide bonds.